The Hall–Kier alpha value is -3.91. The highest BCUT2D eigenvalue weighted by Gasteiger charge is 2.24. The van der Waals surface area contributed by atoms with Crippen molar-refractivity contribution in [3.8, 4) is 11.1 Å². The molecule has 0 saturated heterocycles. The second-order valence-electron chi connectivity index (χ2n) is 8.60. The van der Waals surface area contributed by atoms with E-state index in [0.717, 1.165) is 0 Å². The van der Waals surface area contributed by atoms with Crippen molar-refractivity contribution >= 4 is 49.0 Å². The minimum atomic E-state index is 1.25. The Morgan fingerprint density at radius 2 is 1.55 bits per heavy atom. The Balaban J connectivity index is 1.79. The Bertz CT molecular complexity index is 1790. The van der Waals surface area contributed by atoms with E-state index in [1.54, 1.807) is 0 Å². The van der Waals surface area contributed by atoms with Gasteiger partial charge in [0.1, 0.15) is 12.6 Å². The molecule has 0 atom stereocenters. The van der Waals surface area contributed by atoms with Crippen molar-refractivity contribution in [1.29, 1.82) is 0 Å². The van der Waals surface area contributed by atoms with Crippen molar-refractivity contribution in [3.05, 3.63) is 96.7 Å². The van der Waals surface area contributed by atoms with Crippen molar-refractivity contribution in [2.45, 2.75) is 6.92 Å². The van der Waals surface area contributed by atoms with Gasteiger partial charge in [-0.25, -0.2) is 0 Å². The molecule has 7 rings (SSSR count). The van der Waals surface area contributed by atoms with E-state index in [1.807, 2.05) is 0 Å². The molecular weight excluding hydrogens is 376 g/mol. The number of fused-ring (bicyclic) bond motifs is 5. The summed E-state index contributed by atoms with van der Waals surface area (Å²) in [6, 6.07) is 31.0. The predicted molar refractivity (Wildman–Crippen MR) is 130 cm³/mol. The van der Waals surface area contributed by atoms with E-state index in [-0.39, 0.29) is 0 Å². The number of hydrogen-bond acceptors (Lipinski definition) is 0. The lowest BCUT2D eigenvalue weighted by Gasteiger charge is -2.13. The fourth-order valence-electron chi connectivity index (χ4n) is 5.46. The molecule has 0 aliphatic carbocycles. The summed E-state index contributed by atoms with van der Waals surface area (Å²) in [5.74, 6) is 0. The van der Waals surface area contributed by atoms with Crippen LogP contribution in [0.1, 0.15) is 5.56 Å². The van der Waals surface area contributed by atoms with Crippen LogP contribution in [0, 0.1) is 6.92 Å². The maximum atomic E-state index is 2.48. The van der Waals surface area contributed by atoms with Crippen LogP contribution >= 0.6 is 0 Å². The second kappa shape index (κ2) is 5.83. The molecule has 0 unspecified atom stereocenters. The standard InChI is InChI=1S/C29H21N2/c1-18-11-12-20-9-6-10-25-27(20)26(18)29-28-22(15-16-30(29)2)23-17-21(13-14-24(23)31(25)28)19-7-4-3-5-8-19/h3-17H,1-2H3/q+1. The SMILES string of the molecule is Cc1ccc2cccc3c2c1c1c2c(cc[n+]1C)c1cc(-c4ccccc4)ccc1n32. The van der Waals surface area contributed by atoms with Gasteiger partial charge in [0.15, 0.2) is 6.20 Å². The third-order valence-corrected chi connectivity index (χ3v) is 6.86. The van der Waals surface area contributed by atoms with Gasteiger partial charge in [0.2, 0.25) is 5.52 Å². The van der Waals surface area contributed by atoms with Gasteiger partial charge < -0.3 is 4.40 Å². The molecule has 0 fully saturated rings. The monoisotopic (exact) mass is 397 g/mol. The zero-order chi connectivity index (χ0) is 20.7. The van der Waals surface area contributed by atoms with E-state index < -0.39 is 0 Å². The van der Waals surface area contributed by atoms with Crippen molar-refractivity contribution in [1.82, 2.24) is 4.40 Å². The van der Waals surface area contributed by atoms with E-state index in [4.69, 9.17) is 0 Å². The van der Waals surface area contributed by atoms with Crippen LogP contribution in [0.4, 0.5) is 0 Å². The Kier molecular flexibility index (Phi) is 3.17. The first kappa shape index (κ1) is 16.8. The van der Waals surface area contributed by atoms with E-state index in [1.165, 1.54) is 65.7 Å². The molecule has 7 aromatic rings. The van der Waals surface area contributed by atoms with Crippen LogP contribution in [0.15, 0.2) is 91.1 Å². The van der Waals surface area contributed by atoms with Crippen molar-refractivity contribution in [3.63, 3.8) is 0 Å². The first-order chi connectivity index (χ1) is 15.2. The number of rotatable bonds is 1. The number of aromatic nitrogens is 2. The largest absolute Gasteiger partial charge is 0.303 e. The molecule has 0 aliphatic heterocycles. The fourth-order valence-corrected chi connectivity index (χ4v) is 5.46. The molecule has 0 amide bonds. The number of pyridine rings is 2. The van der Waals surface area contributed by atoms with Crippen LogP contribution in [-0.2, 0) is 7.05 Å². The van der Waals surface area contributed by atoms with Crippen molar-refractivity contribution in [2.75, 3.05) is 0 Å². The molecule has 31 heavy (non-hydrogen) atoms. The van der Waals surface area contributed by atoms with Gasteiger partial charge in [-0.05, 0) is 47.2 Å². The Morgan fingerprint density at radius 1 is 0.677 bits per heavy atom. The molecule has 146 valence electrons. The Morgan fingerprint density at radius 3 is 2.42 bits per heavy atom. The fraction of sp³-hybridized carbons (Fsp3) is 0.0690. The molecule has 2 heteroatoms. The van der Waals surface area contributed by atoms with E-state index in [2.05, 4.69) is 114 Å². The second-order valence-corrected chi connectivity index (χ2v) is 8.60. The van der Waals surface area contributed by atoms with Gasteiger partial charge in [0.25, 0.3) is 0 Å². The van der Waals surface area contributed by atoms with Crippen LogP contribution in [0.5, 0.6) is 0 Å². The van der Waals surface area contributed by atoms with Crippen LogP contribution in [-0.4, -0.2) is 4.40 Å². The van der Waals surface area contributed by atoms with Gasteiger partial charge in [0, 0.05) is 22.2 Å². The maximum Gasteiger partial charge on any atom is 0.238 e. The average molecular weight is 398 g/mol. The van der Waals surface area contributed by atoms with Crippen LogP contribution < -0.4 is 4.57 Å². The number of benzene rings is 4. The third-order valence-electron chi connectivity index (χ3n) is 6.86. The summed E-state index contributed by atoms with van der Waals surface area (Å²) in [5.41, 5.74) is 8.99. The van der Waals surface area contributed by atoms with Gasteiger partial charge in [-0.1, -0.05) is 60.7 Å². The summed E-state index contributed by atoms with van der Waals surface area (Å²) in [4.78, 5) is 0. The summed E-state index contributed by atoms with van der Waals surface area (Å²) in [5, 5.41) is 6.62. The molecule has 3 heterocycles. The van der Waals surface area contributed by atoms with E-state index in [9.17, 15) is 0 Å². The molecule has 0 bridgehead atoms. The lowest BCUT2D eigenvalue weighted by molar-refractivity contribution is -0.644. The zero-order valence-corrected chi connectivity index (χ0v) is 17.6. The normalized spacial score (nSPS) is 12.2. The smallest absolute Gasteiger partial charge is 0.238 e. The summed E-state index contributed by atoms with van der Waals surface area (Å²) < 4.78 is 4.76. The summed E-state index contributed by atoms with van der Waals surface area (Å²) >= 11 is 0. The predicted octanol–water partition coefficient (Wildman–Crippen LogP) is 6.79. The van der Waals surface area contributed by atoms with Crippen LogP contribution in [0.2, 0.25) is 0 Å². The summed E-state index contributed by atoms with van der Waals surface area (Å²) in [7, 11) is 2.17. The Labute approximate surface area is 179 Å². The van der Waals surface area contributed by atoms with E-state index >= 15 is 0 Å². The lowest BCUT2D eigenvalue weighted by Crippen LogP contribution is -2.28. The molecule has 0 aliphatic rings. The molecule has 0 saturated carbocycles. The zero-order valence-electron chi connectivity index (χ0n) is 17.6. The molecule has 4 aromatic carbocycles. The van der Waals surface area contributed by atoms with Gasteiger partial charge in [-0.15, -0.1) is 0 Å². The highest BCUT2D eigenvalue weighted by molar-refractivity contribution is 6.25. The highest BCUT2D eigenvalue weighted by Crippen LogP contribution is 2.40. The first-order valence-corrected chi connectivity index (χ1v) is 10.8. The molecule has 0 N–H and O–H groups in total. The van der Waals surface area contributed by atoms with Gasteiger partial charge in [-0.2, -0.15) is 4.57 Å². The van der Waals surface area contributed by atoms with Crippen LogP contribution in [0.25, 0.3) is 60.1 Å². The topological polar surface area (TPSA) is 8.29 Å². The minimum Gasteiger partial charge on any atom is -0.303 e. The summed E-state index contributed by atoms with van der Waals surface area (Å²) in [6.45, 7) is 2.23. The number of aryl methyl sites for hydroxylation is 2. The maximum absolute atomic E-state index is 2.48. The molecule has 0 spiro atoms. The molecule has 0 radical (unpaired) electrons. The quantitative estimate of drug-likeness (QED) is 0.164. The lowest BCUT2D eigenvalue weighted by atomic mass is 9.98. The average Bonchev–Trinajstić information content (AvgIpc) is 3.14. The third kappa shape index (κ3) is 2.09. The molecule has 3 aromatic heterocycles. The first-order valence-electron chi connectivity index (χ1n) is 10.8. The minimum absolute atomic E-state index is 1.25. The van der Waals surface area contributed by atoms with Crippen molar-refractivity contribution < 1.29 is 4.57 Å². The molecular formula is C29H21N2+. The number of nitrogens with zero attached hydrogens (tertiary/aromatic N) is 2. The van der Waals surface area contributed by atoms with Gasteiger partial charge in [0.05, 0.1) is 16.4 Å². The van der Waals surface area contributed by atoms with E-state index in [0.29, 0.717) is 0 Å². The van der Waals surface area contributed by atoms with Gasteiger partial charge >= 0.3 is 0 Å². The van der Waals surface area contributed by atoms with Crippen molar-refractivity contribution in [2.24, 2.45) is 7.05 Å². The highest BCUT2D eigenvalue weighted by atomic mass is 15.0. The number of hydrogen-bond donors (Lipinski definition) is 0. The summed E-state index contributed by atoms with van der Waals surface area (Å²) in [6.07, 6.45) is 2.21. The van der Waals surface area contributed by atoms with Gasteiger partial charge in [-0.3, -0.25) is 0 Å². The van der Waals surface area contributed by atoms with Crippen LogP contribution in [0.3, 0.4) is 0 Å². The molecule has 2 nitrogen and oxygen atoms in total.